The largest absolute Gasteiger partial charge is 0.0628 e. The molecule has 0 aromatic carbocycles. The molecule has 0 fully saturated rings. The summed E-state index contributed by atoms with van der Waals surface area (Å²) < 4.78 is 0. The molecule has 0 N–H and O–H groups in total. The normalized spacial score (nSPS) is 15.4. The Balaban J connectivity index is 3.32. The van der Waals surface area contributed by atoms with Crippen molar-refractivity contribution >= 4 is 0 Å². The SMILES string of the molecule is [CH2]CCC(C)CCCC(C)CCCC(C)C. The monoisotopic (exact) mass is 225 g/mol. The minimum Gasteiger partial charge on any atom is -0.0628 e. The smallest absolute Gasteiger partial charge is 0.0443 e. The van der Waals surface area contributed by atoms with Crippen molar-refractivity contribution in [1.82, 2.24) is 0 Å². The highest BCUT2D eigenvalue weighted by atomic mass is 14.1. The van der Waals surface area contributed by atoms with Crippen molar-refractivity contribution in [3.8, 4) is 0 Å². The van der Waals surface area contributed by atoms with Crippen molar-refractivity contribution in [2.75, 3.05) is 0 Å². The summed E-state index contributed by atoms with van der Waals surface area (Å²) in [7, 11) is 0. The Kier molecular flexibility index (Phi) is 10.2. The maximum atomic E-state index is 3.93. The summed E-state index contributed by atoms with van der Waals surface area (Å²) in [6.07, 6.45) is 10.9. The van der Waals surface area contributed by atoms with Crippen LogP contribution in [0.5, 0.6) is 0 Å². The van der Waals surface area contributed by atoms with Gasteiger partial charge in [-0.3, -0.25) is 0 Å². The Labute approximate surface area is 104 Å². The molecule has 2 atom stereocenters. The van der Waals surface area contributed by atoms with Gasteiger partial charge in [-0.25, -0.2) is 0 Å². The van der Waals surface area contributed by atoms with E-state index in [9.17, 15) is 0 Å². The molecule has 0 aromatic rings. The molecule has 0 heterocycles. The molecule has 0 nitrogen and oxygen atoms in total. The van der Waals surface area contributed by atoms with Crippen LogP contribution in [-0.2, 0) is 0 Å². The van der Waals surface area contributed by atoms with Gasteiger partial charge in [0.15, 0.2) is 0 Å². The van der Waals surface area contributed by atoms with Crippen LogP contribution in [0.2, 0.25) is 0 Å². The summed E-state index contributed by atoms with van der Waals surface area (Å²) in [6.45, 7) is 13.4. The van der Waals surface area contributed by atoms with E-state index in [4.69, 9.17) is 0 Å². The lowest BCUT2D eigenvalue weighted by molar-refractivity contribution is 0.393. The lowest BCUT2D eigenvalue weighted by Crippen LogP contribution is -1.99. The van der Waals surface area contributed by atoms with Crippen LogP contribution in [0.4, 0.5) is 0 Å². The molecule has 0 saturated carbocycles. The van der Waals surface area contributed by atoms with Crippen molar-refractivity contribution in [3.05, 3.63) is 6.92 Å². The third-order valence-corrected chi connectivity index (χ3v) is 3.57. The van der Waals surface area contributed by atoms with E-state index < -0.39 is 0 Å². The standard InChI is InChI=1S/C16H33/c1-6-9-15(4)12-8-13-16(5)11-7-10-14(2)3/h14-16H,1,6-13H2,2-5H3. The van der Waals surface area contributed by atoms with E-state index in [0.29, 0.717) is 0 Å². The van der Waals surface area contributed by atoms with Crippen molar-refractivity contribution in [2.45, 2.75) is 79.1 Å². The van der Waals surface area contributed by atoms with Gasteiger partial charge in [-0.05, 0) is 17.8 Å². The first-order chi connectivity index (χ1) is 7.56. The zero-order valence-electron chi connectivity index (χ0n) is 12.1. The van der Waals surface area contributed by atoms with E-state index in [2.05, 4.69) is 34.6 Å². The van der Waals surface area contributed by atoms with Crippen LogP contribution < -0.4 is 0 Å². The van der Waals surface area contributed by atoms with Crippen molar-refractivity contribution in [1.29, 1.82) is 0 Å². The van der Waals surface area contributed by atoms with Crippen molar-refractivity contribution in [2.24, 2.45) is 17.8 Å². The molecule has 0 aliphatic carbocycles. The van der Waals surface area contributed by atoms with E-state index in [1.807, 2.05) is 0 Å². The molecular weight excluding hydrogens is 192 g/mol. The molecule has 0 aliphatic heterocycles. The highest BCUT2D eigenvalue weighted by Crippen LogP contribution is 2.20. The van der Waals surface area contributed by atoms with Gasteiger partial charge in [0.1, 0.15) is 0 Å². The average Bonchev–Trinajstić information content (AvgIpc) is 2.17. The predicted molar refractivity (Wildman–Crippen MR) is 75.5 cm³/mol. The summed E-state index contributed by atoms with van der Waals surface area (Å²) in [4.78, 5) is 0. The molecule has 2 unspecified atom stereocenters. The van der Waals surface area contributed by atoms with E-state index in [0.717, 1.165) is 24.2 Å². The second-order valence-corrected chi connectivity index (χ2v) is 6.11. The molecule has 0 aliphatic rings. The Morgan fingerprint density at radius 2 is 1.12 bits per heavy atom. The average molecular weight is 225 g/mol. The van der Waals surface area contributed by atoms with Gasteiger partial charge in [0.25, 0.3) is 0 Å². The van der Waals surface area contributed by atoms with Gasteiger partial charge < -0.3 is 0 Å². The summed E-state index contributed by atoms with van der Waals surface area (Å²) >= 11 is 0. The zero-order valence-corrected chi connectivity index (χ0v) is 12.1. The Morgan fingerprint density at radius 3 is 1.56 bits per heavy atom. The van der Waals surface area contributed by atoms with Gasteiger partial charge in [-0.2, -0.15) is 0 Å². The fourth-order valence-electron chi connectivity index (χ4n) is 2.33. The van der Waals surface area contributed by atoms with Crippen LogP contribution >= 0.6 is 0 Å². The highest BCUT2D eigenvalue weighted by molar-refractivity contribution is 4.59. The fourth-order valence-corrected chi connectivity index (χ4v) is 2.33. The maximum absolute atomic E-state index is 3.93. The molecule has 16 heavy (non-hydrogen) atoms. The lowest BCUT2D eigenvalue weighted by Gasteiger charge is -2.14. The molecule has 0 saturated heterocycles. The van der Waals surface area contributed by atoms with Crippen LogP contribution in [-0.4, -0.2) is 0 Å². The topological polar surface area (TPSA) is 0 Å². The number of hydrogen-bond acceptors (Lipinski definition) is 0. The van der Waals surface area contributed by atoms with Crippen LogP contribution in [0.3, 0.4) is 0 Å². The van der Waals surface area contributed by atoms with Gasteiger partial charge in [0.2, 0.25) is 0 Å². The van der Waals surface area contributed by atoms with Crippen molar-refractivity contribution < 1.29 is 0 Å². The Bertz CT molecular complexity index is 137. The summed E-state index contributed by atoms with van der Waals surface area (Å²) in [5, 5.41) is 0. The molecule has 0 aromatic heterocycles. The third kappa shape index (κ3) is 10.5. The number of hydrogen-bond donors (Lipinski definition) is 0. The molecule has 0 amide bonds. The highest BCUT2D eigenvalue weighted by Gasteiger charge is 2.05. The van der Waals surface area contributed by atoms with Gasteiger partial charge in [-0.1, -0.05) is 86.0 Å². The van der Waals surface area contributed by atoms with Crippen LogP contribution in [0.25, 0.3) is 0 Å². The third-order valence-electron chi connectivity index (χ3n) is 3.57. The van der Waals surface area contributed by atoms with E-state index >= 15 is 0 Å². The maximum Gasteiger partial charge on any atom is -0.0443 e. The first-order valence-corrected chi connectivity index (χ1v) is 7.35. The molecule has 0 bridgehead atoms. The fraction of sp³-hybridized carbons (Fsp3) is 0.938. The molecule has 97 valence electrons. The zero-order chi connectivity index (χ0) is 12.4. The van der Waals surface area contributed by atoms with E-state index in [1.54, 1.807) is 0 Å². The Hall–Kier alpha value is 0. The first kappa shape index (κ1) is 16.0. The number of rotatable bonds is 10. The molecule has 0 rings (SSSR count). The predicted octanol–water partition coefficient (Wildman–Crippen LogP) is 5.87. The van der Waals surface area contributed by atoms with Crippen LogP contribution in [0, 0.1) is 24.7 Å². The molecular formula is C16H33. The first-order valence-electron chi connectivity index (χ1n) is 7.35. The van der Waals surface area contributed by atoms with Crippen LogP contribution in [0.1, 0.15) is 79.1 Å². The lowest BCUT2D eigenvalue weighted by atomic mass is 9.92. The summed E-state index contributed by atoms with van der Waals surface area (Å²) in [5.74, 6) is 2.70. The second kappa shape index (κ2) is 10.2. The summed E-state index contributed by atoms with van der Waals surface area (Å²) in [6, 6.07) is 0. The van der Waals surface area contributed by atoms with Gasteiger partial charge in [-0.15, -0.1) is 0 Å². The minimum atomic E-state index is 0.879. The minimum absolute atomic E-state index is 0.879. The Morgan fingerprint density at radius 1 is 0.688 bits per heavy atom. The second-order valence-electron chi connectivity index (χ2n) is 6.11. The molecule has 1 radical (unpaired) electrons. The van der Waals surface area contributed by atoms with E-state index in [1.165, 1.54) is 44.9 Å². The molecule has 0 heteroatoms. The van der Waals surface area contributed by atoms with Gasteiger partial charge in [0, 0.05) is 0 Å². The summed E-state index contributed by atoms with van der Waals surface area (Å²) in [5.41, 5.74) is 0. The van der Waals surface area contributed by atoms with Gasteiger partial charge in [0.05, 0.1) is 0 Å². The van der Waals surface area contributed by atoms with Crippen LogP contribution in [0.15, 0.2) is 0 Å². The van der Waals surface area contributed by atoms with E-state index in [-0.39, 0.29) is 0 Å². The quantitative estimate of drug-likeness (QED) is 0.436. The molecule has 0 spiro atoms. The van der Waals surface area contributed by atoms with Gasteiger partial charge >= 0.3 is 0 Å². The van der Waals surface area contributed by atoms with Crippen molar-refractivity contribution in [3.63, 3.8) is 0 Å².